The van der Waals surface area contributed by atoms with Crippen molar-refractivity contribution >= 4 is 17.7 Å². The summed E-state index contributed by atoms with van der Waals surface area (Å²) in [5.74, 6) is -0.499. The number of rotatable bonds is 6. The molecule has 0 saturated heterocycles. The maximum atomic E-state index is 13.0. The van der Waals surface area contributed by atoms with Crippen molar-refractivity contribution in [3.05, 3.63) is 75.7 Å². The molecule has 8 nitrogen and oxygen atoms in total. The highest BCUT2D eigenvalue weighted by atomic mass is 16.5. The number of nitrogens with one attached hydrogen (secondary N) is 1. The zero-order valence-electron chi connectivity index (χ0n) is 17.4. The Morgan fingerprint density at radius 3 is 2.61 bits per heavy atom. The third-order valence-corrected chi connectivity index (χ3v) is 4.75. The standard InChI is InChI=1S/C23H22N4O4/c1-4-31-20-13-16(10-11-19(20)28)12-17(14-24)22(29)25-21-15(2)26(3)27(23(21)30)18-8-6-5-7-9-18/h5-13,28H,4H2,1-3H3,(H,25,29)/b17-12+. The lowest BCUT2D eigenvalue weighted by Crippen LogP contribution is -2.23. The summed E-state index contributed by atoms with van der Waals surface area (Å²) in [4.78, 5) is 25.7. The van der Waals surface area contributed by atoms with Gasteiger partial charge in [-0.3, -0.25) is 14.3 Å². The number of aromatic nitrogens is 2. The van der Waals surface area contributed by atoms with Crippen LogP contribution in [0.25, 0.3) is 11.8 Å². The van der Waals surface area contributed by atoms with Crippen molar-refractivity contribution in [1.82, 2.24) is 9.36 Å². The number of amides is 1. The normalized spacial score (nSPS) is 11.1. The van der Waals surface area contributed by atoms with E-state index in [0.29, 0.717) is 23.6 Å². The van der Waals surface area contributed by atoms with Crippen LogP contribution in [0.15, 0.2) is 58.9 Å². The number of nitrogens with zero attached hydrogens (tertiary/aromatic N) is 3. The van der Waals surface area contributed by atoms with Gasteiger partial charge >= 0.3 is 0 Å². The molecule has 0 fully saturated rings. The van der Waals surface area contributed by atoms with E-state index in [2.05, 4.69) is 5.32 Å². The lowest BCUT2D eigenvalue weighted by molar-refractivity contribution is -0.112. The summed E-state index contributed by atoms with van der Waals surface area (Å²) in [5.41, 5.74) is 1.20. The smallest absolute Gasteiger partial charge is 0.295 e. The molecule has 1 aromatic heterocycles. The Morgan fingerprint density at radius 1 is 1.26 bits per heavy atom. The molecule has 2 aromatic carbocycles. The van der Waals surface area contributed by atoms with E-state index in [-0.39, 0.29) is 22.8 Å². The van der Waals surface area contributed by atoms with Gasteiger partial charge in [-0.25, -0.2) is 4.68 Å². The van der Waals surface area contributed by atoms with Crippen LogP contribution in [-0.4, -0.2) is 27.0 Å². The summed E-state index contributed by atoms with van der Waals surface area (Å²) in [6, 6.07) is 15.4. The summed E-state index contributed by atoms with van der Waals surface area (Å²) >= 11 is 0. The Hall–Kier alpha value is -4.25. The van der Waals surface area contributed by atoms with Crippen LogP contribution in [0.3, 0.4) is 0 Å². The number of benzene rings is 2. The SMILES string of the molecule is CCOc1cc(/C=C(\C#N)C(=O)Nc2c(C)n(C)n(-c3ccccc3)c2=O)ccc1O. The quantitative estimate of drug-likeness (QED) is 0.472. The van der Waals surface area contributed by atoms with E-state index in [9.17, 15) is 20.0 Å². The lowest BCUT2D eigenvalue weighted by atomic mass is 10.1. The molecule has 0 aliphatic carbocycles. The summed E-state index contributed by atoms with van der Waals surface area (Å²) < 4.78 is 8.40. The van der Waals surface area contributed by atoms with Gasteiger partial charge in [-0.15, -0.1) is 0 Å². The van der Waals surface area contributed by atoms with Gasteiger partial charge in [-0.1, -0.05) is 24.3 Å². The minimum absolute atomic E-state index is 0.0386. The Morgan fingerprint density at radius 2 is 1.97 bits per heavy atom. The molecule has 158 valence electrons. The van der Waals surface area contributed by atoms with Crippen molar-refractivity contribution in [3.63, 3.8) is 0 Å². The van der Waals surface area contributed by atoms with Gasteiger partial charge in [0.25, 0.3) is 11.5 Å². The Kier molecular flexibility index (Phi) is 6.26. The Balaban J connectivity index is 1.94. The molecule has 0 unspecified atom stereocenters. The molecule has 31 heavy (non-hydrogen) atoms. The van der Waals surface area contributed by atoms with E-state index in [1.165, 1.54) is 22.9 Å². The number of para-hydroxylation sites is 1. The molecule has 0 aliphatic rings. The van der Waals surface area contributed by atoms with Crippen molar-refractivity contribution in [2.75, 3.05) is 11.9 Å². The first-order chi connectivity index (χ1) is 14.9. The molecule has 0 bridgehead atoms. The number of phenols is 1. The molecule has 0 radical (unpaired) electrons. The first-order valence-corrected chi connectivity index (χ1v) is 9.60. The van der Waals surface area contributed by atoms with Gasteiger partial charge in [0.05, 0.1) is 18.0 Å². The van der Waals surface area contributed by atoms with E-state index >= 15 is 0 Å². The largest absolute Gasteiger partial charge is 0.504 e. The first-order valence-electron chi connectivity index (χ1n) is 9.60. The van der Waals surface area contributed by atoms with E-state index in [1.807, 2.05) is 24.3 Å². The van der Waals surface area contributed by atoms with Crippen LogP contribution in [0.2, 0.25) is 0 Å². The minimum Gasteiger partial charge on any atom is -0.504 e. The number of anilines is 1. The van der Waals surface area contributed by atoms with Crippen LogP contribution in [-0.2, 0) is 11.8 Å². The average Bonchev–Trinajstić information content (AvgIpc) is 2.98. The number of phenolic OH excluding ortho intramolecular Hbond substituents is 1. The molecule has 0 saturated carbocycles. The number of nitriles is 1. The van der Waals surface area contributed by atoms with Gasteiger partial charge in [0, 0.05) is 7.05 Å². The zero-order chi connectivity index (χ0) is 22.5. The second kappa shape index (κ2) is 9.05. The number of carbonyl (C=O) groups excluding carboxylic acids is 1. The van der Waals surface area contributed by atoms with Crippen molar-refractivity contribution in [2.24, 2.45) is 7.05 Å². The van der Waals surface area contributed by atoms with Crippen LogP contribution in [0.4, 0.5) is 5.69 Å². The van der Waals surface area contributed by atoms with Crippen LogP contribution < -0.4 is 15.6 Å². The highest BCUT2D eigenvalue weighted by Crippen LogP contribution is 2.28. The summed E-state index contributed by atoms with van der Waals surface area (Å²) in [7, 11) is 1.71. The predicted octanol–water partition coefficient (Wildman–Crippen LogP) is 3.13. The third-order valence-electron chi connectivity index (χ3n) is 4.75. The molecule has 1 heterocycles. The molecule has 1 amide bonds. The fourth-order valence-electron chi connectivity index (χ4n) is 3.10. The van der Waals surface area contributed by atoms with Gasteiger partial charge in [0.2, 0.25) is 0 Å². The van der Waals surface area contributed by atoms with Crippen molar-refractivity contribution < 1.29 is 14.6 Å². The molecule has 0 aliphatic heterocycles. The van der Waals surface area contributed by atoms with Gasteiger partial charge in [0.1, 0.15) is 17.3 Å². The molecular formula is C23H22N4O4. The van der Waals surface area contributed by atoms with Crippen LogP contribution in [0.1, 0.15) is 18.2 Å². The number of carbonyl (C=O) groups is 1. The number of hydrogen-bond acceptors (Lipinski definition) is 5. The third kappa shape index (κ3) is 4.36. The second-order valence-electron chi connectivity index (χ2n) is 6.72. The number of hydrogen-bond donors (Lipinski definition) is 2. The topological polar surface area (TPSA) is 109 Å². The van der Waals surface area contributed by atoms with Gasteiger partial charge in [0.15, 0.2) is 11.5 Å². The molecule has 3 rings (SSSR count). The second-order valence-corrected chi connectivity index (χ2v) is 6.72. The summed E-state index contributed by atoms with van der Waals surface area (Å²) in [6.07, 6.45) is 1.37. The summed E-state index contributed by atoms with van der Waals surface area (Å²) in [6.45, 7) is 3.84. The van der Waals surface area contributed by atoms with Gasteiger partial charge in [-0.2, -0.15) is 5.26 Å². The highest BCUT2D eigenvalue weighted by molar-refractivity contribution is 6.09. The van der Waals surface area contributed by atoms with E-state index < -0.39 is 11.5 Å². The maximum Gasteiger partial charge on any atom is 0.295 e. The predicted molar refractivity (Wildman–Crippen MR) is 117 cm³/mol. The monoisotopic (exact) mass is 418 g/mol. The fourth-order valence-corrected chi connectivity index (χ4v) is 3.10. The van der Waals surface area contributed by atoms with Crippen LogP contribution in [0, 0.1) is 18.3 Å². The zero-order valence-corrected chi connectivity index (χ0v) is 17.4. The maximum absolute atomic E-state index is 13.0. The number of aromatic hydroxyl groups is 1. The molecule has 8 heteroatoms. The molecule has 2 N–H and O–H groups in total. The van der Waals surface area contributed by atoms with Crippen LogP contribution >= 0.6 is 0 Å². The van der Waals surface area contributed by atoms with Gasteiger partial charge in [-0.05, 0) is 49.8 Å². The Labute approximate surface area is 179 Å². The molecule has 0 atom stereocenters. The van der Waals surface area contributed by atoms with E-state index in [4.69, 9.17) is 4.74 Å². The fraction of sp³-hybridized carbons (Fsp3) is 0.174. The highest BCUT2D eigenvalue weighted by Gasteiger charge is 2.20. The molecule has 0 spiro atoms. The molecular weight excluding hydrogens is 396 g/mol. The first kappa shape index (κ1) is 21.5. The van der Waals surface area contributed by atoms with Gasteiger partial charge < -0.3 is 15.2 Å². The minimum atomic E-state index is -0.709. The van der Waals surface area contributed by atoms with Crippen LogP contribution in [0.5, 0.6) is 11.5 Å². The average molecular weight is 418 g/mol. The number of ether oxygens (including phenoxy) is 1. The van der Waals surface area contributed by atoms with Crippen molar-refractivity contribution in [1.29, 1.82) is 5.26 Å². The van der Waals surface area contributed by atoms with E-state index in [1.54, 1.807) is 43.8 Å². The lowest BCUT2D eigenvalue weighted by Gasteiger charge is -2.07. The van der Waals surface area contributed by atoms with Crippen molar-refractivity contribution in [3.8, 4) is 23.3 Å². The molecule has 3 aromatic rings. The van der Waals surface area contributed by atoms with E-state index in [0.717, 1.165) is 0 Å². The Bertz CT molecular complexity index is 1250. The van der Waals surface area contributed by atoms with Crippen molar-refractivity contribution in [2.45, 2.75) is 13.8 Å². The summed E-state index contributed by atoms with van der Waals surface area (Å²) in [5, 5.41) is 21.9.